The van der Waals surface area contributed by atoms with Crippen LogP contribution in [0.5, 0.6) is 11.5 Å². The fourth-order valence-electron chi connectivity index (χ4n) is 7.67. The minimum Gasteiger partial charge on any atom is -0.457 e. The number of amides is 3. The largest absolute Gasteiger partial charge is 0.457 e. The number of fused-ring (bicyclic) bond motifs is 2. The molecule has 3 N–H and O–H groups in total. The Labute approximate surface area is 315 Å². The second-order valence-corrected chi connectivity index (χ2v) is 14.6. The van der Waals surface area contributed by atoms with Crippen LogP contribution < -0.4 is 25.6 Å². The average molecular weight is 721 g/mol. The maximum Gasteiger partial charge on any atom is 0.255 e. The Morgan fingerprint density at radius 1 is 0.944 bits per heavy atom. The summed E-state index contributed by atoms with van der Waals surface area (Å²) in [5.41, 5.74) is 5.96. The molecule has 274 valence electrons. The van der Waals surface area contributed by atoms with Crippen molar-refractivity contribution in [3.05, 3.63) is 137 Å². The zero-order chi connectivity index (χ0) is 37.3. The van der Waals surface area contributed by atoms with E-state index in [-0.39, 0.29) is 29.8 Å². The van der Waals surface area contributed by atoms with E-state index in [2.05, 4.69) is 33.5 Å². The van der Waals surface area contributed by atoms with Crippen molar-refractivity contribution in [1.82, 2.24) is 20.5 Å². The second-order valence-electron chi connectivity index (χ2n) is 14.6. The van der Waals surface area contributed by atoms with Crippen molar-refractivity contribution >= 4 is 40.0 Å². The minimum atomic E-state index is -0.462. The third-order valence-corrected chi connectivity index (χ3v) is 10.7. The summed E-state index contributed by atoms with van der Waals surface area (Å²) in [6.45, 7) is 10.0. The molecule has 10 heteroatoms. The Balaban J connectivity index is 0.855. The number of rotatable bonds is 9. The quantitative estimate of drug-likeness (QED) is 0.143. The molecule has 3 aliphatic rings. The second kappa shape index (κ2) is 14.7. The molecule has 4 aromatic carbocycles. The summed E-state index contributed by atoms with van der Waals surface area (Å²) < 4.78 is 6.16. The molecule has 0 aliphatic carbocycles. The molecular weight excluding hydrogens is 677 g/mol. The Bertz CT molecular complexity index is 2260. The van der Waals surface area contributed by atoms with Crippen LogP contribution in [0.15, 0.2) is 109 Å². The summed E-state index contributed by atoms with van der Waals surface area (Å²) in [7, 11) is 0. The van der Waals surface area contributed by atoms with E-state index in [1.165, 1.54) is 5.56 Å². The molecule has 3 amide bonds. The number of nitrogens with zero attached hydrogens (tertiary/aromatic N) is 3. The Hall–Kier alpha value is -6.16. The van der Waals surface area contributed by atoms with Gasteiger partial charge in [-0.3, -0.25) is 14.4 Å². The highest BCUT2D eigenvalue weighted by Crippen LogP contribution is 2.33. The Kier molecular flexibility index (Phi) is 9.50. The minimum absolute atomic E-state index is 0.0803. The molecular formula is C44H44N6O4. The first kappa shape index (κ1) is 34.9. The number of hydrogen-bond acceptors (Lipinski definition) is 7. The van der Waals surface area contributed by atoms with Crippen LogP contribution >= 0.6 is 0 Å². The molecule has 2 unspecified atom stereocenters. The van der Waals surface area contributed by atoms with E-state index < -0.39 is 6.04 Å². The zero-order valence-electron chi connectivity index (χ0n) is 30.6. The van der Waals surface area contributed by atoms with Crippen molar-refractivity contribution in [3.63, 3.8) is 0 Å². The normalized spacial score (nSPS) is 18.0. The van der Waals surface area contributed by atoms with E-state index >= 15 is 0 Å². The van der Waals surface area contributed by atoms with Gasteiger partial charge in [0.15, 0.2) is 0 Å². The number of benzene rings is 4. The molecule has 3 aliphatic heterocycles. The molecule has 0 saturated carbocycles. The number of ether oxygens (including phenoxy) is 1. The van der Waals surface area contributed by atoms with Crippen molar-refractivity contribution in [3.8, 4) is 11.5 Å². The van der Waals surface area contributed by atoms with E-state index in [0.717, 1.165) is 71.0 Å². The summed E-state index contributed by atoms with van der Waals surface area (Å²) in [6.07, 6.45) is 3.12. The number of piperidine rings is 2. The predicted octanol–water partition coefficient (Wildman–Crippen LogP) is 7.66. The van der Waals surface area contributed by atoms with Gasteiger partial charge in [-0.2, -0.15) is 0 Å². The fraction of sp³-hybridized carbons (Fsp3) is 0.273. The first-order chi connectivity index (χ1) is 26.2. The van der Waals surface area contributed by atoms with Crippen molar-refractivity contribution in [1.29, 1.82) is 0 Å². The molecule has 5 aromatic rings. The molecule has 1 aromatic heterocycles. The molecule has 2 saturated heterocycles. The number of nitrogens with one attached hydrogen (secondary N) is 3. The number of pyridine rings is 1. The molecule has 2 atom stereocenters. The van der Waals surface area contributed by atoms with E-state index in [1.54, 1.807) is 4.90 Å². The van der Waals surface area contributed by atoms with Crippen LogP contribution in [0.3, 0.4) is 0 Å². The standard InChI is InChI=1S/C44H44N6O4/c1-27-10-15-35(16-11-27)54-40-8-4-6-30-24-31(13-17-36(30)40)42(51)46-29(3)38-7-5-9-41(48-38)47-33-20-22-49(23-21-33)34-14-18-37-32(25-34)26-50(44(37)53)39-19-12-28(2)45-43(39)52/h4-11,13-18,24-25,29,33,39H,2,12,19-23,26H2,1,3H3,(H,45,52)(H,46,51)(H,47,48). The van der Waals surface area contributed by atoms with Gasteiger partial charge in [-0.15, -0.1) is 0 Å². The number of carbonyl (C=O) groups is 3. The van der Waals surface area contributed by atoms with Crippen LogP contribution in [0.25, 0.3) is 10.8 Å². The number of carbonyl (C=O) groups excluding carboxylic acids is 3. The summed E-state index contributed by atoms with van der Waals surface area (Å²) >= 11 is 0. The first-order valence-electron chi connectivity index (χ1n) is 18.7. The van der Waals surface area contributed by atoms with Crippen LogP contribution in [0.2, 0.25) is 0 Å². The highest BCUT2D eigenvalue weighted by Gasteiger charge is 2.38. The van der Waals surface area contributed by atoms with Crippen molar-refractivity contribution in [2.24, 2.45) is 0 Å². The van der Waals surface area contributed by atoms with E-state index in [4.69, 9.17) is 9.72 Å². The van der Waals surface area contributed by atoms with Crippen molar-refractivity contribution < 1.29 is 19.1 Å². The maximum atomic E-state index is 13.4. The lowest BCUT2D eigenvalue weighted by atomic mass is 10.0. The summed E-state index contributed by atoms with van der Waals surface area (Å²) in [6, 6.07) is 30.8. The van der Waals surface area contributed by atoms with E-state index in [0.29, 0.717) is 36.2 Å². The summed E-state index contributed by atoms with van der Waals surface area (Å²) in [5.74, 6) is 1.89. The highest BCUT2D eigenvalue weighted by molar-refractivity contribution is 6.02. The van der Waals surface area contributed by atoms with Crippen molar-refractivity contribution in [2.75, 3.05) is 23.3 Å². The Morgan fingerprint density at radius 3 is 2.54 bits per heavy atom. The van der Waals surface area contributed by atoms with Crippen LogP contribution in [0, 0.1) is 6.92 Å². The SMILES string of the molecule is C=C1CCC(N2Cc3cc(N4CCC(Nc5cccc(C(C)NC(=O)c6ccc7c(Oc8ccc(C)cc8)cccc7c6)n5)CC4)ccc3C2=O)C(=O)N1. The fourth-order valence-corrected chi connectivity index (χ4v) is 7.67. The van der Waals surface area contributed by atoms with Crippen LogP contribution in [0.4, 0.5) is 11.5 Å². The number of allylic oxidation sites excluding steroid dienone is 1. The van der Waals surface area contributed by atoms with Gasteiger partial charge in [0, 0.05) is 53.6 Å². The van der Waals surface area contributed by atoms with Gasteiger partial charge in [0.05, 0.1) is 11.7 Å². The average Bonchev–Trinajstić information content (AvgIpc) is 3.50. The van der Waals surface area contributed by atoms with E-state index in [1.807, 2.05) is 105 Å². The lowest BCUT2D eigenvalue weighted by Crippen LogP contribution is -2.49. The molecule has 4 heterocycles. The molecule has 54 heavy (non-hydrogen) atoms. The number of aromatic nitrogens is 1. The summed E-state index contributed by atoms with van der Waals surface area (Å²) in [4.78, 5) is 48.1. The van der Waals surface area contributed by atoms with Crippen LogP contribution in [-0.4, -0.2) is 52.8 Å². The number of anilines is 2. The van der Waals surface area contributed by atoms with Gasteiger partial charge in [0.25, 0.3) is 11.8 Å². The van der Waals surface area contributed by atoms with Gasteiger partial charge in [-0.05, 0) is 117 Å². The predicted molar refractivity (Wildman–Crippen MR) is 211 cm³/mol. The molecule has 2 fully saturated rings. The van der Waals surface area contributed by atoms with Crippen LogP contribution in [0.1, 0.15) is 76.2 Å². The zero-order valence-corrected chi connectivity index (χ0v) is 30.6. The number of aryl methyl sites for hydroxylation is 1. The highest BCUT2D eigenvalue weighted by atomic mass is 16.5. The smallest absolute Gasteiger partial charge is 0.255 e. The van der Waals surface area contributed by atoms with Gasteiger partial charge < -0.3 is 30.5 Å². The molecule has 10 nitrogen and oxygen atoms in total. The Morgan fingerprint density at radius 2 is 1.74 bits per heavy atom. The maximum absolute atomic E-state index is 13.4. The van der Waals surface area contributed by atoms with Gasteiger partial charge in [-0.25, -0.2) is 4.98 Å². The van der Waals surface area contributed by atoms with Crippen LogP contribution in [-0.2, 0) is 11.3 Å². The lowest BCUT2D eigenvalue weighted by molar-refractivity contribution is -0.126. The third kappa shape index (κ3) is 7.24. The van der Waals surface area contributed by atoms with Gasteiger partial charge in [0.1, 0.15) is 23.4 Å². The summed E-state index contributed by atoms with van der Waals surface area (Å²) in [5, 5.41) is 11.4. The van der Waals surface area contributed by atoms with Crippen molar-refractivity contribution in [2.45, 2.75) is 64.2 Å². The first-order valence-corrected chi connectivity index (χ1v) is 18.7. The molecule has 0 spiro atoms. The van der Waals surface area contributed by atoms with Gasteiger partial charge >= 0.3 is 0 Å². The lowest BCUT2D eigenvalue weighted by Gasteiger charge is -2.34. The molecule has 0 radical (unpaired) electrons. The van der Waals surface area contributed by atoms with E-state index in [9.17, 15) is 14.4 Å². The molecule has 0 bridgehead atoms. The number of hydrogen-bond donors (Lipinski definition) is 3. The topological polar surface area (TPSA) is 116 Å². The van der Waals surface area contributed by atoms with Gasteiger partial charge in [-0.1, -0.05) is 42.5 Å². The third-order valence-electron chi connectivity index (χ3n) is 10.7. The monoisotopic (exact) mass is 720 g/mol. The van der Waals surface area contributed by atoms with Gasteiger partial charge in [0.2, 0.25) is 5.91 Å². The molecule has 8 rings (SSSR count).